The van der Waals surface area contributed by atoms with Gasteiger partial charge in [0.2, 0.25) is 0 Å². The van der Waals surface area contributed by atoms with E-state index in [1.54, 1.807) is 40.1 Å². The quantitative estimate of drug-likeness (QED) is 0.590. The van der Waals surface area contributed by atoms with E-state index in [1.165, 1.54) is 21.7 Å². The minimum atomic E-state index is -0.458. The Morgan fingerprint density at radius 3 is 2.71 bits per heavy atom. The summed E-state index contributed by atoms with van der Waals surface area (Å²) in [5.41, 5.74) is 1.05. The van der Waals surface area contributed by atoms with Gasteiger partial charge in [0, 0.05) is 31.1 Å². The third kappa shape index (κ3) is 3.93. The van der Waals surface area contributed by atoms with Gasteiger partial charge in [-0.05, 0) is 30.5 Å². The fourth-order valence-electron chi connectivity index (χ4n) is 3.15. The third-order valence-corrected chi connectivity index (χ3v) is 6.53. The second-order valence-corrected chi connectivity index (χ2v) is 8.25. The molecule has 1 saturated heterocycles. The number of piperazine rings is 1. The molecule has 28 heavy (non-hydrogen) atoms. The Morgan fingerprint density at radius 2 is 1.96 bits per heavy atom. The molecular weight excluding hydrogens is 397 g/mol. The van der Waals surface area contributed by atoms with Crippen molar-refractivity contribution in [3.63, 3.8) is 0 Å². The maximum Gasteiger partial charge on any atom is 0.260 e. The van der Waals surface area contributed by atoms with Gasteiger partial charge in [-0.3, -0.25) is 4.79 Å². The number of para-hydroxylation sites is 2. The van der Waals surface area contributed by atoms with Crippen molar-refractivity contribution in [3.8, 4) is 5.75 Å². The van der Waals surface area contributed by atoms with Gasteiger partial charge < -0.3 is 14.5 Å². The number of carbonyl (C=O) groups is 1. The summed E-state index contributed by atoms with van der Waals surface area (Å²) in [4.78, 5) is 22.4. The van der Waals surface area contributed by atoms with E-state index < -0.39 is 5.82 Å². The zero-order chi connectivity index (χ0) is 19.5. The van der Waals surface area contributed by atoms with Crippen molar-refractivity contribution in [2.45, 2.75) is 4.90 Å². The number of carbonyl (C=O) groups excluding carboxylic acids is 1. The summed E-state index contributed by atoms with van der Waals surface area (Å²) in [7, 11) is 0. The molecule has 2 heterocycles. The Labute approximate surface area is 171 Å². The highest BCUT2D eigenvalue weighted by atomic mass is 32.2. The molecule has 2 aromatic carbocycles. The standard InChI is InChI=1S/C20H20FN3O2S2/c1-27-16-7-4-8-17-19(16)22-20(28-17)24-11-9-23(10-12-24)18(25)13-26-15-6-3-2-5-14(15)21/h2-8H,9-13H2,1H3. The monoisotopic (exact) mass is 417 g/mol. The number of rotatable bonds is 5. The Balaban J connectivity index is 1.35. The van der Waals surface area contributed by atoms with Gasteiger partial charge in [-0.1, -0.05) is 29.5 Å². The fraction of sp³-hybridized carbons (Fsp3) is 0.300. The first-order valence-corrected chi connectivity index (χ1v) is 11.0. The predicted octanol–water partition coefficient (Wildman–Crippen LogP) is 3.88. The number of benzene rings is 2. The van der Waals surface area contributed by atoms with Crippen LogP contribution in [0.25, 0.3) is 10.2 Å². The molecule has 0 spiro atoms. The Bertz CT molecular complexity index is 986. The van der Waals surface area contributed by atoms with Crippen molar-refractivity contribution in [1.29, 1.82) is 0 Å². The topological polar surface area (TPSA) is 45.7 Å². The SMILES string of the molecule is CSc1cccc2sc(N3CCN(C(=O)COc4ccccc4F)CC3)nc12. The number of aromatic nitrogens is 1. The largest absolute Gasteiger partial charge is 0.481 e. The van der Waals surface area contributed by atoms with Crippen LogP contribution in [0.5, 0.6) is 5.75 Å². The Hall–Kier alpha value is -2.32. The molecule has 1 fully saturated rings. The Morgan fingerprint density at radius 1 is 1.18 bits per heavy atom. The molecule has 1 aliphatic rings. The Kier molecular flexibility index (Phi) is 5.68. The van der Waals surface area contributed by atoms with Crippen LogP contribution in [0.4, 0.5) is 9.52 Å². The number of fused-ring (bicyclic) bond motifs is 1. The zero-order valence-corrected chi connectivity index (χ0v) is 17.1. The van der Waals surface area contributed by atoms with Gasteiger partial charge in [-0.25, -0.2) is 9.37 Å². The third-order valence-electron chi connectivity index (χ3n) is 4.68. The second kappa shape index (κ2) is 8.36. The molecule has 0 bridgehead atoms. The molecule has 0 N–H and O–H groups in total. The van der Waals surface area contributed by atoms with Crippen LogP contribution in [0.2, 0.25) is 0 Å². The molecule has 0 aliphatic carbocycles. The van der Waals surface area contributed by atoms with E-state index in [1.807, 2.05) is 0 Å². The lowest BCUT2D eigenvalue weighted by Gasteiger charge is -2.34. The number of ether oxygens (including phenoxy) is 1. The maximum absolute atomic E-state index is 13.6. The highest BCUT2D eigenvalue weighted by Gasteiger charge is 2.24. The molecule has 5 nitrogen and oxygen atoms in total. The number of hydrogen-bond acceptors (Lipinski definition) is 6. The summed E-state index contributed by atoms with van der Waals surface area (Å²) in [5.74, 6) is -0.481. The van der Waals surface area contributed by atoms with Gasteiger partial charge in [0.1, 0.15) is 0 Å². The lowest BCUT2D eigenvalue weighted by molar-refractivity contribution is -0.133. The van der Waals surface area contributed by atoms with E-state index in [-0.39, 0.29) is 18.3 Å². The van der Waals surface area contributed by atoms with Crippen molar-refractivity contribution < 1.29 is 13.9 Å². The highest BCUT2D eigenvalue weighted by Crippen LogP contribution is 2.34. The molecule has 0 radical (unpaired) electrons. The number of thioether (sulfide) groups is 1. The number of amides is 1. The van der Waals surface area contributed by atoms with Crippen molar-refractivity contribution in [2.24, 2.45) is 0 Å². The summed E-state index contributed by atoms with van der Waals surface area (Å²) in [6.07, 6.45) is 2.06. The predicted molar refractivity (Wildman–Crippen MR) is 112 cm³/mol. The van der Waals surface area contributed by atoms with Gasteiger partial charge in [0.05, 0.1) is 10.2 Å². The number of nitrogens with zero attached hydrogens (tertiary/aromatic N) is 3. The molecule has 4 rings (SSSR count). The van der Waals surface area contributed by atoms with Crippen molar-refractivity contribution in [3.05, 3.63) is 48.3 Å². The first-order chi connectivity index (χ1) is 13.7. The molecule has 146 valence electrons. The van der Waals surface area contributed by atoms with Crippen LogP contribution in [0, 0.1) is 5.82 Å². The van der Waals surface area contributed by atoms with Crippen molar-refractivity contribution in [2.75, 3.05) is 43.9 Å². The minimum absolute atomic E-state index is 0.105. The summed E-state index contributed by atoms with van der Waals surface area (Å²) in [6, 6.07) is 12.4. The number of halogens is 1. The van der Waals surface area contributed by atoms with Gasteiger partial charge in [-0.15, -0.1) is 11.8 Å². The van der Waals surface area contributed by atoms with E-state index in [0.717, 1.165) is 23.7 Å². The van der Waals surface area contributed by atoms with Gasteiger partial charge in [-0.2, -0.15) is 0 Å². The minimum Gasteiger partial charge on any atom is -0.481 e. The molecule has 0 unspecified atom stereocenters. The number of hydrogen-bond donors (Lipinski definition) is 0. The van der Waals surface area contributed by atoms with Crippen LogP contribution in [0.3, 0.4) is 0 Å². The van der Waals surface area contributed by atoms with Gasteiger partial charge >= 0.3 is 0 Å². The highest BCUT2D eigenvalue weighted by molar-refractivity contribution is 7.98. The van der Waals surface area contributed by atoms with Crippen LogP contribution in [0.1, 0.15) is 0 Å². The first-order valence-electron chi connectivity index (χ1n) is 8.99. The van der Waals surface area contributed by atoms with E-state index in [4.69, 9.17) is 9.72 Å². The van der Waals surface area contributed by atoms with Crippen LogP contribution in [-0.4, -0.2) is 54.8 Å². The molecule has 1 amide bonds. The van der Waals surface area contributed by atoms with E-state index in [9.17, 15) is 9.18 Å². The number of anilines is 1. The zero-order valence-electron chi connectivity index (χ0n) is 15.4. The summed E-state index contributed by atoms with van der Waals surface area (Å²) < 4.78 is 20.1. The smallest absolute Gasteiger partial charge is 0.260 e. The van der Waals surface area contributed by atoms with E-state index >= 15 is 0 Å². The molecule has 1 aromatic heterocycles. The molecule has 3 aromatic rings. The fourth-order valence-corrected chi connectivity index (χ4v) is 4.82. The number of thiazole rings is 1. The van der Waals surface area contributed by atoms with Gasteiger partial charge in [0.15, 0.2) is 23.3 Å². The second-order valence-electron chi connectivity index (χ2n) is 6.39. The average molecular weight is 418 g/mol. The van der Waals surface area contributed by atoms with Crippen LogP contribution >= 0.6 is 23.1 Å². The molecule has 0 saturated carbocycles. The summed E-state index contributed by atoms with van der Waals surface area (Å²) >= 11 is 3.38. The van der Waals surface area contributed by atoms with Crippen LogP contribution in [0.15, 0.2) is 47.4 Å². The van der Waals surface area contributed by atoms with Crippen LogP contribution in [-0.2, 0) is 4.79 Å². The first kappa shape index (κ1) is 19.0. The van der Waals surface area contributed by atoms with Crippen LogP contribution < -0.4 is 9.64 Å². The van der Waals surface area contributed by atoms with Gasteiger partial charge in [0.25, 0.3) is 5.91 Å². The summed E-state index contributed by atoms with van der Waals surface area (Å²) in [6.45, 7) is 2.49. The van der Waals surface area contributed by atoms with Crippen molar-refractivity contribution in [1.82, 2.24) is 9.88 Å². The summed E-state index contributed by atoms with van der Waals surface area (Å²) in [5, 5.41) is 0.992. The van der Waals surface area contributed by atoms with E-state index in [0.29, 0.717) is 13.1 Å². The maximum atomic E-state index is 13.6. The lowest BCUT2D eigenvalue weighted by Crippen LogP contribution is -2.50. The van der Waals surface area contributed by atoms with E-state index in [2.05, 4.69) is 29.4 Å². The lowest BCUT2D eigenvalue weighted by atomic mass is 10.3. The average Bonchev–Trinajstić information content (AvgIpc) is 3.17. The molecule has 1 aliphatic heterocycles. The normalized spacial score (nSPS) is 14.5. The molecular formula is C20H20FN3O2S2. The molecule has 0 atom stereocenters. The molecule has 8 heteroatoms. The van der Waals surface area contributed by atoms with Crippen molar-refractivity contribution >= 4 is 44.4 Å².